The first-order valence-electron chi connectivity index (χ1n) is 4.53. The van der Waals surface area contributed by atoms with E-state index in [9.17, 15) is 8.42 Å². The molecule has 0 radical (unpaired) electrons. The normalized spacial score (nSPS) is 21.1. The van der Waals surface area contributed by atoms with Crippen molar-refractivity contribution in [1.29, 1.82) is 0 Å². The van der Waals surface area contributed by atoms with Crippen molar-refractivity contribution in [2.45, 2.75) is 37.4 Å². The maximum absolute atomic E-state index is 11.5. The Labute approximate surface area is 74.5 Å². The van der Waals surface area contributed by atoms with Crippen LogP contribution in [-0.2, 0) is 9.84 Å². The van der Waals surface area contributed by atoms with Gasteiger partial charge < -0.3 is 5.32 Å². The van der Waals surface area contributed by atoms with Crippen LogP contribution in [0.1, 0.15) is 32.1 Å². The third kappa shape index (κ3) is 2.45. The van der Waals surface area contributed by atoms with E-state index in [0.29, 0.717) is 0 Å². The van der Waals surface area contributed by atoms with Crippen molar-refractivity contribution in [3.8, 4) is 0 Å². The molecule has 1 aliphatic carbocycles. The van der Waals surface area contributed by atoms with Crippen LogP contribution in [0, 0.1) is 0 Å². The molecule has 4 heteroatoms. The fraction of sp³-hybridized carbons (Fsp3) is 1.00. The van der Waals surface area contributed by atoms with Crippen LogP contribution in [0.2, 0.25) is 0 Å². The molecular weight excluding hydrogens is 174 g/mol. The van der Waals surface area contributed by atoms with Gasteiger partial charge in [-0.15, -0.1) is 0 Å². The Morgan fingerprint density at radius 3 is 2.33 bits per heavy atom. The number of sulfone groups is 1. The summed E-state index contributed by atoms with van der Waals surface area (Å²) in [6.45, 7) is 0. The van der Waals surface area contributed by atoms with Crippen LogP contribution in [0.4, 0.5) is 0 Å². The Morgan fingerprint density at radius 2 is 1.83 bits per heavy atom. The molecule has 3 nitrogen and oxygen atoms in total. The van der Waals surface area contributed by atoms with Crippen LogP contribution in [0.5, 0.6) is 0 Å². The van der Waals surface area contributed by atoms with Gasteiger partial charge in [-0.1, -0.05) is 19.3 Å². The average molecular weight is 191 g/mol. The molecule has 1 rings (SSSR count). The van der Waals surface area contributed by atoms with Crippen molar-refractivity contribution in [3.05, 3.63) is 0 Å². The minimum Gasteiger partial charge on any atom is -0.307 e. The Balaban J connectivity index is 2.54. The van der Waals surface area contributed by atoms with E-state index in [2.05, 4.69) is 5.32 Å². The molecule has 0 spiro atoms. The molecule has 0 atom stereocenters. The van der Waals surface area contributed by atoms with Gasteiger partial charge in [0.15, 0.2) is 9.84 Å². The Hall–Kier alpha value is -0.0900. The molecule has 0 bridgehead atoms. The predicted molar refractivity (Wildman–Crippen MR) is 49.7 cm³/mol. The lowest BCUT2D eigenvalue weighted by Gasteiger charge is -2.21. The molecule has 1 fully saturated rings. The standard InChI is InChI=1S/C8H17NO2S/c1-9-7-12(10,11)8-5-3-2-4-6-8/h8-9H,2-7H2,1H3. The zero-order valence-corrected chi connectivity index (χ0v) is 8.36. The zero-order chi connectivity index (χ0) is 9.03. The Kier molecular flexibility index (Phi) is 3.53. The van der Waals surface area contributed by atoms with Gasteiger partial charge in [0.2, 0.25) is 0 Å². The molecule has 0 amide bonds. The first-order valence-corrected chi connectivity index (χ1v) is 6.24. The van der Waals surface area contributed by atoms with Crippen molar-refractivity contribution in [2.75, 3.05) is 12.9 Å². The van der Waals surface area contributed by atoms with Crippen LogP contribution in [-0.4, -0.2) is 26.6 Å². The van der Waals surface area contributed by atoms with Crippen molar-refractivity contribution in [3.63, 3.8) is 0 Å². The monoisotopic (exact) mass is 191 g/mol. The third-order valence-electron chi connectivity index (χ3n) is 2.41. The fourth-order valence-electron chi connectivity index (χ4n) is 1.74. The van der Waals surface area contributed by atoms with Crippen LogP contribution < -0.4 is 5.32 Å². The maximum Gasteiger partial charge on any atom is 0.166 e. The van der Waals surface area contributed by atoms with Gasteiger partial charge in [0.1, 0.15) is 0 Å². The summed E-state index contributed by atoms with van der Waals surface area (Å²) in [6.07, 6.45) is 5.08. The summed E-state index contributed by atoms with van der Waals surface area (Å²) in [5.74, 6) is 0.137. The second kappa shape index (κ2) is 4.23. The summed E-state index contributed by atoms with van der Waals surface area (Å²) in [6, 6.07) is 0. The lowest BCUT2D eigenvalue weighted by molar-refractivity contribution is 0.482. The molecule has 0 aromatic heterocycles. The molecule has 1 N–H and O–H groups in total. The van der Waals surface area contributed by atoms with Gasteiger partial charge >= 0.3 is 0 Å². The third-order valence-corrected chi connectivity index (χ3v) is 4.58. The van der Waals surface area contributed by atoms with Crippen molar-refractivity contribution < 1.29 is 8.42 Å². The average Bonchev–Trinajstić information content (AvgIpc) is 2.06. The van der Waals surface area contributed by atoms with Crippen molar-refractivity contribution in [2.24, 2.45) is 0 Å². The molecule has 0 aromatic carbocycles. The van der Waals surface area contributed by atoms with Crippen molar-refractivity contribution in [1.82, 2.24) is 5.32 Å². The number of hydrogen-bond acceptors (Lipinski definition) is 3. The molecule has 12 heavy (non-hydrogen) atoms. The molecule has 72 valence electrons. The van der Waals surface area contributed by atoms with Crippen LogP contribution in [0.25, 0.3) is 0 Å². The Bertz CT molecular complexity index is 217. The highest BCUT2D eigenvalue weighted by Crippen LogP contribution is 2.23. The zero-order valence-electron chi connectivity index (χ0n) is 7.54. The highest BCUT2D eigenvalue weighted by molar-refractivity contribution is 7.91. The highest BCUT2D eigenvalue weighted by Gasteiger charge is 2.25. The molecule has 1 aliphatic rings. The smallest absolute Gasteiger partial charge is 0.166 e. The SMILES string of the molecule is CNCS(=O)(=O)C1CCCCC1. The molecule has 1 saturated carbocycles. The molecular formula is C8H17NO2S. The summed E-state index contributed by atoms with van der Waals surface area (Å²) >= 11 is 0. The fourth-order valence-corrected chi connectivity index (χ4v) is 3.43. The van der Waals surface area contributed by atoms with Crippen LogP contribution in [0.3, 0.4) is 0 Å². The number of hydrogen-bond donors (Lipinski definition) is 1. The predicted octanol–water partition coefficient (Wildman–Crippen LogP) is 0.911. The minimum atomic E-state index is -2.84. The molecule has 0 saturated heterocycles. The van der Waals surface area contributed by atoms with Gasteiger partial charge in [-0.2, -0.15) is 0 Å². The lowest BCUT2D eigenvalue weighted by atomic mass is 10.0. The summed E-state index contributed by atoms with van der Waals surface area (Å²) < 4.78 is 23.0. The first kappa shape index (κ1) is 9.99. The van der Waals surface area contributed by atoms with Gasteiger partial charge in [0.05, 0.1) is 11.1 Å². The number of nitrogens with one attached hydrogen (secondary N) is 1. The van der Waals surface area contributed by atoms with E-state index in [1.165, 1.54) is 6.42 Å². The molecule has 0 unspecified atom stereocenters. The lowest BCUT2D eigenvalue weighted by Crippen LogP contribution is -2.31. The van der Waals surface area contributed by atoms with Crippen LogP contribution in [0.15, 0.2) is 0 Å². The minimum absolute atomic E-state index is 0.0706. The summed E-state index contributed by atoms with van der Waals surface area (Å²) in [5.41, 5.74) is 0. The summed E-state index contributed by atoms with van der Waals surface area (Å²) in [7, 11) is -1.16. The van der Waals surface area contributed by atoms with E-state index in [4.69, 9.17) is 0 Å². The van der Waals surface area contributed by atoms with E-state index >= 15 is 0 Å². The molecule has 0 aliphatic heterocycles. The van der Waals surface area contributed by atoms with Gasteiger partial charge in [-0.05, 0) is 19.9 Å². The van der Waals surface area contributed by atoms with E-state index in [1.807, 2.05) is 0 Å². The van der Waals surface area contributed by atoms with Gasteiger partial charge in [-0.3, -0.25) is 0 Å². The largest absolute Gasteiger partial charge is 0.307 e. The summed E-state index contributed by atoms with van der Waals surface area (Å²) in [5, 5.41) is 2.65. The van der Waals surface area contributed by atoms with E-state index in [-0.39, 0.29) is 11.1 Å². The number of rotatable bonds is 3. The first-order chi connectivity index (χ1) is 5.67. The van der Waals surface area contributed by atoms with E-state index < -0.39 is 9.84 Å². The molecule has 0 aromatic rings. The Morgan fingerprint density at radius 1 is 1.25 bits per heavy atom. The van der Waals surface area contributed by atoms with Crippen LogP contribution >= 0.6 is 0 Å². The highest BCUT2D eigenvalue weighted by atomic mass is 32.2. The van der Waals surface area contributed by atoms with Crippen molar-refractivity contribution >= 4 is 9.84 Å². The second-order valence-corrected chi connectivity index (χ2v) is 5.70. The maximum atomic E-state index is 11.5. The topological polar surface area (TPSA) is 46.2 Å². The van der Waals surface area contributed by atoms with E-state index in [0.717, 1.165) is 25.7 Å². The van der Waals surface area contributed by atoms with Gasteiger partial charge in [0, 0.05) is 0 Å². The quantitative estimate of drug-likeness (QED) is 0.721. The second-order valence-electron chi connectivity index (χ2n) is 3.42. The van der Waals surface area contributed by atoms with Gasteiger partial charge in [-0.25, -0.2) is 8.42 Å². The van der Waals surface area contributed by atoms with E-state index in [1.54, 1.807) is 7.05 Å². The van der Waals surface area contributed by atoms with Gasteiger partial charge in [0.25, 0.3) is 0 Å². The molecule has 0 heterocycles. The summed E-state index contributed by atoms with van der Waals surface area (Å²) in [4.78, 5) is 0.